The van der Waals surface area contributed by atoms with E-state index in [1.807, 2.05) is 30.3 Å². The molecule has 3 aromatic carbocycles. The quantitative estimate of drug-likeness (QED) is 0.504. The lowest BCUT2D eigenvalue weighted by molar-refractivity contribution is -0.119. The Bertz CT molecular complexity index is 1100. The third-order valence-corrected chi connectivity index (χ3v) is 4.41. The van der Waals surface area contributed by atoms with E-state index in [1.54, 1.807) is 36.4 Å². The fourth-order valence-electron chi connectivity index (χ4n) is 2.95. The van der Waals surface area contributed by atoms with E-state index in [0.717, 1.165) is 5.56 Å². The van der Waals surface area contributed by atoms with Crippen LogP contribution in [-0.2, 0) is 11.2 Å². The van der Waals surface area contributed by atoms with Crippen LogP contribution >= 0.6 is 0 Å². The fourth-order valence-corrected chi connectivity index (χ4v) is 2.95. The molecule has 0 aliphatic carbocycles. The molecule has 30 heavy (non-hydrogen) atoms. The summed E-state index contributed by atoms with van der Waals surface area (Å²) in [5.74, 6) is 0.307. The molecule has 150 valence electrons. The molecule has 4 aromatic rings. The standard InChI is InChI=1S/C22H18FN5O2/c23-17-7-4-8-20(14-17)30-19-11-9-18(10-12-19)25-22(29)21(28-15-24-26-27-28)13-16-5-2-1-3-6-16/h1-12,14-15,21H,13H2,(H,25,29). The lowest BCUT2D eigenvalue weighted by Gasteiger charge is -2.16. The van der Waals surface area contributed by atoms with Crippen LogP contribution in [0.3, 0.4) is 0 Å². The minimum absolute atomic E-state index is 0.245. The highest BCUT2D eigenvalue weighted by molar-refractivity contribution is 5.93. The summed E-state index contributed by atoms with van der Waals surface area (Å²) in [6.45, 7) is 0. The van der Waals surface area contributed by atoms with Gasteiger partial charge in [0.15, 0.2) is 0 Å². The minimum atomic E-state index is -0.606. The second kappa shape index (κ2) is 8.95. The van der Waals surface area contributed by atoms with Crippen molar-refractivity contribution in [3.05, 3.63) is 96.6 Å². The van der Waals surface area contributed by atoms with Gasteiger partial charge in [0.05, 0.1) is 0 Å². The molecule has 8 heteroatoms. The first kappa shape index (κ1) is 19.3. The smallest absolute Gasteiger partial charge is 0.249 e. The van der Waals surface area contributed by atoms with Crippen molar-refractivity contribution in [2.24, 2.45) is 0 Å². The Labute approximate surface area is 172 Å². The summed E-state index contributed by atoms with van der Waals surface area (Å²) < 4.78 is 20.3. The maximum Gasteiger partial charge on any atom is 0.249 e. The molecular formula is C22H18FN5O2. The molecule has 1 aromatic heterocycles. The number of rotatable bonds is 7. The van der Waals surface area contributed by atoms with Gasteiger partial charge in [-0.15, -0.1) is 5.10 Å². The van der Waals surface area contributed by atoms with E-state index in [2.05, 4.69) is 20.8 Å². The van der Waals surface area contributed by atoms with Crippen molar-refractivity contribution in [1.29, 1.82) is 0 Å². The zero-order valence-corrected chi connectivity index (χ0v) is 15.9. The van der Waals surface area contributed by atoms with Crippen molar-refractivity contribution in [3.63, 3.8) is 0 Å². The van der Waals surface area contributed by atoms with Crippen molar-refractivity contribution >= 4 is 11.6 Å². The summed E-state index contributed by atoms with van der Waals surface area (Å²) in [5.41, 5.74) is 1.59. The van der Waals surface area contributed by atoms with Crippen molar-refractivity contribution in [3.8, 4) is 11.5 Å². The number of benzene rings is 3. The molecule has 0 radical (unpaired) electrons. The number of halogens is 1. The van der Waals surface area contributed by atoms with Crippen LogP contribution < -0.4 is 10.1 Å². The average Bonchev–Trinajstić information content (AvgIpc) is 3.29. The minimum Gasteiger partial charge on any atom is -0.457 e. The molecule has 1 N–H and O–H groups in total. The van der Waals surface area contributed by atoms with Crippen molar-refractivity contribution in [1.82, 2.24) is 20.2 Å². The lowest BCUT2D eigenvalue weighted by Crippen LogP contribution is -2.28. The summed E-state index contributed by atoms with van der Waals surface area (Å²) in [4.78, 5) is 12.9. The molecule has 0 spiro atoms. The van der Waals surface area contributed by atoms with Crippen molar-refractivity contribution in [2.45, 2.75) is 12.5 Å². The SMILES string of the molecule is O=C(Nc1ccc(Oc2cccc(F)c2)cc1)C(Cc1ccccc1)n1cnnn1. The highest BCUT2D eigenvalue weighted by Crippen LogP contribution is 2.24. The van der Waals surface area contributed by atoms with Crippen molar-refractivity contribution < 1.29 is 13.9 Å². The van der Waals surface area contributed by atoms with Gasteiger partial charge in [-0.2, -0.15) is 0 Å². The number of tetrazole rings is 1. The number of aromatic nitrogens is 4. The summed E-state index contributed by atoms with van der Waals surface area (Å²) >= 11 is 0. The number of amides is 1. The normalized spacial score (nSPS) is 11.6. The highest BCUT2D eigenvalue weighted by atomic mass is 19.1. The first-order valence-corrected chi connectivity index (χ1v) is 9.28. The first-order chi connectivity index (χ1) is 14.7. The van der Waals surface area contributed by atoms with Crippen LogP contribution in [0.4, 0.5) is 10.1 Å². The second-order valence-electron chi connectivity index (χ2n) is 6.57. The molecule has 7 nitrogen and oxygen atoms in total. The molecule has 1 amide bonds. The molecule has 0 aliphatic heterocycles. The van der Waals surface area contributed by atoms with Crippen LogP contribution in [0.25, 0.3) is 0 Å². The molecule has 0 saturated heterocycles. The maximum atomic E-state index is 13.3. The van der Waals surface area contributed by atoms with Crippen LogP contribution in [0.1, 0.15) is 11.6 Å². The predicted molar refractivity (Wildman–Crippen MR) is 109 cm³/mol. The van der Waals surface area contributed by atoms with Gasteiger partial charge in [0.25, 0.3) is 0 Å². The van der Waals surface area contributed by atoms with Gasteiger partial charge in [-0.25, -0.2) is 9.07 Å². The Kier molecular flexibility index (Phi) is 5.75. The van der Waals surface area contributed by atoms with Gasteiger partial charge in [0, 0.05) is 18.2 Å². The number of carbonyl (C=O) groups is 1. The zero-order valence-electron chi connectivity index (χ0n) is 15.9. The summed E-state index contributed by atoms with van der Waals surface area (Å²) in [7, 11) is 0. The van der Waals surface area contributed by atoms with Gasteiger partial charge >= 0.3 is 0 Å². The van der Waals surface area contributed by atoms with Crippen LogP contribution in [0.2, 0.25) is 0 Å². The van der Waals surface area contributed by atoms with Crippen LogP contribution in [0.15, 0.2) is 85.2 Å². The molecule has 1 atom stereocenters. The Morgan fingerprint density at radius 2 is 1.80 bits per heavy atom. The van der Waals surface area contributed by atoms with Crippen LogP contribution in [0.5, 0.6) is 11.5 Å². The number of nitrogens with one attached hydrogen (secondary N) is 1. The molecule has 0 saturated carbocycles. The van der Waals surface area contributed by atoms with E-state index in [4.69, 9.17) is 4.74 Å². The largest absolute Gasteiger partial charge is 0.457 e. The Morgan fingerprint density at radius 1 is 1.00 bits per heavy atom. The third kappa shape index (κ3) is 4.85. The Balaban J connectivity index is 1.45. The Hall–Kier alpha value is -4.07. The monoisotopic (exact) mass is 403 g/mol. The van der Waals surface area contributed by atoms with Gasteiger partial charge in [-0.05, 0) is 52.4 Å². The van der Waals surface area contributed by atoms with Gasteiger partial charge in [-0.1, -0.05) is 36.4 Å². The topological polar surface area (TPSA) is 81.9 Å². The lowest BCUT2D eigenvalue weighted by atomic mass is 10.1. The molecular weight excluding hydrogens is 385 g/mol. The molecule has 0 bridgehead atoms. The summed E-state index contributed by atoms with van der Waals surface area (Å²) in [6.07, 6.45) is 1.86. The van der Waals surface area contributed by atoms with E-state index in [9.17, 15) is 9.18 Å². The maximum absolute atomic E-state index is 13.3. The van der Waals surface area contributed by atoms with E-state index in [-0.39, 0.29) is 11.7 Å². The number of anilines is 1. The number of ether oxygens (including phenoxy) is 1. The van der Waals surface area contributed by atoms with Crippen LogP contribution in [0, 0.1) is 5.82 Å². The van der Waals surface area contributed by atoms with Gasteiger partial charge in [0.2, 0.25) is 5.91 Å². The van der Waals surface area contributed by atoms with E-state index >= 15 is 0 Å². The molecule has 4 rings (SSSR count). The number of carbonyl (C=O) groups excluding carboxylic acids is 1. The molecule has 1 unspecified atom stereocenters. The average molecular weight is 403 g/mol. The number of nitrogens with zero attached hydrogens (tertiary/aromatic N) is 4. The first-order valence-electron chi connectivity index (χ1n) is 9.28. The number of hydrogen-bond acceptors (Lipinski definition) is 5. The van der Waals surface area contributed by atoms with E-state index in [0.29, 0.717) is 23.6 Å². The van der Waals surface area contributed by atoms with Crippen molar-refractivity contribution in [2.75, 3.05) is 5.32 Å². The summed E-state index contributed by atoms with van der Waals surface area (Å²) in [5, 5.41) is 14.0. The van der Waals surface area contributed by atoms with Gasteiger partial charge in [-0.3, -0.25) is 4.79 Å². The fraction of sp³-hybridized carbons (Fsp3) is 0.0909. The summed E-state index contributed by atoms with van der Waals surface area (Å²) in [6, 6.07) is 21.8. The predicted octanol–water partition coefficient (Wildman–Crippen LogP) is 4.03. The molecule has 1 heterocycles. The second-order valence-corrected chi connectivity index (χ2v) is 6.57. The molecule has 0 aliphatic rings. The highest BCUT2D eigenvalue weighted by Gasteiger charge is 2.22. The van der Waals surface area contributed by atoms with E-state index < -0.39 is 6.04 Å². The van der Waals surface area contributed by atoms with E-state index in [1.165, 1.54) is 23.1 Å². The Morgan fingerprint density at radius 3 is 2.50 bits per heavy atom. The third-order valence-electron chi connectivity index (χ3n) is 4.41. The van der Waals surface area contributed by atoms with Crippen LogP contribution in [-0.4, -0.2) is 26.1 Å². The van der Waals surface area contributed by atoms with Gasteiger partial charge < -0.3 is 10.1 Å². The zero-order chi connectivity index (χ0) is 20.8. The molecule has 0 fully saturated rings. The van der Waals surface area contributed by atoms with Gasteiger partial charge in [0.1, 0.15) is 29.7 Å². The number of hydrogen-bond donors (Lipinski definition) is 1.